The monoisotopic (exact) mass is 497 g/mol. The fourth-order valence-electron chi connectivity index (χ4n) is 2.44. The number of pyridine rings is 1. The van der Waals surface area contributed by atoms with Crippen molar-refractivity contribution in [3.8, 4) is 0 Å². The molecule has 29 heavy (non-hydrogen) atoms. The second-order valence-corrected chi connectivity index (χ2v) is 8.95. The first kappa shape index (κ1) is 21.2. The summed E-state index contributed by atoms with van der Waals surface area (Å²) < 4.78 is 42.4. The molecule has 3 rings (SSSR count). The van der Waals surface area contributed by atoms with Crippen molar-refractivity contribution in [1.82, 2.24) is 4.98 Å². The van der Waals surface area contributed by atoms with Crippen LogP contribution in [0, 0.1) is 12.7 Å². The first-order chi connectivity index (χ1) is 13.7. The van der Waals surface area contributed by atoms with Crippen molar-refractivity contribution >= 4 is 54.8 Å². The van der Waals surface area contributed by atoms with Crippen LogP contribution in [-0.4, -0.2) is 19.3 Å². The van der Waals surface area contributed by atoms with Gasteiger partial charge in [0.25, 0.3) is 15.9 Å². The van der Waals surface area contributed by atoms with E-state index in [1.54, 1.807) is 13.1 Å². The predicted octanol–water partition coefficient (Wildman–Crippen LogP) is 5.00. The van der Waals surface area contributed by atoms with Gasteiger partial charge < -0.3 is 5.32 Å². The highest BCUT2D eigenvalue weighted by atomic mass is 79.9. The summed E-state index contributed by atoms with van der Waals surface area (Å²) in [5.41, 5.74) is 1.30. The second kappa shape index (κ2) is 8.48. The van der Waals surface area contributed by atoms with Gasteiger partial charge in [0.05, 0.1) is 5.56 Å². The molecule has 1 heterocycles. The Balaban J connectivity index is 1.88. The van der Waals surface area contributed by atoms with Gasteiger partial charge in [0.15, 0.2) is 0 Å². The lowest BCUT2D eigenvalue weighted by Crippen LogP contribution is -2.17. The Morgan fingerprint density at radius 2 is 1.76 bits per heavy atom. The van der Waals surface area contributed by atoms with Crippen LogP contribution in [0.15, 0.2) is 64.2 Å². The maximum absolute atomic E-state index is 14.2. The number of hydrogen-bond acceptors (Lipinski definition) is 4. The van der Waals surface area contributed by atoms with Crippen LogP contribution in [0.4, 0.5) is 15.8 Å². The molecule has 0 aliphatic carbocycles. The molecule has 0 aliphatic rings. The highest BCUT2D eigenvalue weighted by Gasteiger charge is 2.21. The second-order valence-electron chi connectivity index (χ2n) is 6.01. The number of nitrogens with one attached hydrogen (secondary N) is 2. The number of anilines is 2. The van der Waals surface area contributed by atoms with Crippen LogP contribution >= 0.6 is 27.5 Å². The molecule has 0 atom stereocenters. The highest BCUT2D eigenvalue weighted by Crippen LogP contribution is 2.24. The number of amides is 1. The molecule has 6 nitrogen and oxygen atoms in total. The molecule has 2 aromatic carbocycles. The van der Waals surface area contributed by atoms with Gasteiger partial charge in [0.2, 0.25) is 0 Å². The maximum atomic E-state index is 14.2. The normalized spacial score (nSPS) is 11.2. The van der Waals surface area contributed by atoms with Crippen molar-refractivity contribution < 1.29 is 17.6 Å². The van der Waals surface area contributed by atoms with E-state index in [9.17, 15) is 17.6 Å². The number of sulfonamides is 1. The number of aromatic nitrogens is 1. The van der Waals surface area contributed by atoms with Crippen LogP contribution in [0.3, 0.4) is 0 Å². The summed E-state index contributed by atoms with van der Waals surface area (Å²) in [6.07, 6.45) is 2.94. The lowest BCUT2D eigenvalue weighted by atomic mass is 10.1. The van der Waals surface area contributed by atoms with Gasteiger partial charge in [0, 0.05) is 33.3 Å². The van der Waals surface area contributed by atoms with Gasteiger partial charge in [-0.1, -0.05) is 11.6 Å². The van der Waals surface area contributed by atoms with E-state index < -0.39 is 26.6 Å². The Bertz CT molecular complexity index is 1190. The Hall–Kier alpha value is -2.49. The molecule has 0 saturated carbocycles. The number of hydrogen-bond donors (Lipinski definition) is 2. The topological polar surface area (TPSA) is 88.2 Å². The Kier molecular flexibility index (Phi) is 6.21. The van der Waals surface area contributed by atoms with Gasteiger partial charge in [-0.3, -0.25) is 14.5 Å². The minimum Gasteiger partial charge on any atom is -0.322 e. The molecule has 0 spiro atoms. The standard InChI is InChI=1S/C19H14BrClFN3O3S/c1-11-15(9-23-10-16(11)20)19(26)24-14-6-7-17(22)18(8-14)29(27,28)25-13-4-2-12(21)3-5-13/h2-10,25H,1H3,(H,24,26). The Labute approximate surface area is 180 Å². The molecule has 10 heteroatoms. The molecule has 0 radical (unpaired) electrons. The molecule has 0 aliphatic heterocycles. The zero-order valence-electron chi connectivity index (χ0n) is 14.9. The van der Waals surface area contributed by atoms with Crippen molar-refractivity contribution in [3.63, 3.8) is 0 Å². The summed E-state index contributed by atoms with van der Waals surface area (Å²) in [5.74, 6) is -1.46. The summed E-state index contributed by atoms with van der Waals surface area (Å²) in [6, 6.07) is 9.19. The molecule has 2 N–H and O–H groups in total. The summed E-state index contributed by atoms with van der Waals surface area (Å²) in [5, 5.41) is 2.99. The fraction of sp³-hybridized carbons (Fsp3) is 0.0526. The van der Waals surface area contributed by atoms with E-state index in [0.717, 1.165) is 12.1 Å². The largest absolute Gasteiger partial charge is 0.322 e. The molecular formula is C19H14BrClFN3O3S. The molecular weight excluding hydrogens is 485 g/mol. The zero-order valence-corrected chi connectivity index (χ0v) is 18.1. The minimum atomic E-state index is -4.23. The number of rotatable bonds is 5. The van der Waals surface area contributed by atoms with Gasteiger partial charge >= 0.3 is 0 Å². The molecule has 1 aromatic heterocycles. The average Bonchev–Trinajstić information content (AvgIpc) is 2.67. The van der Waals surface area contributed by atoms with Crippen molar-refractivity contribution in [2.45, 2.75) is 11.8 Å². The van der Waals surface area contributed by atoms with Crippen molar-refractivity contribution in [2.75, 3.05) is 10.0 Å². The van der Waals surface area contributed by atoms with E-state index in [2.05, 4.69) is 31.0 Å². The first-order valence-corrected chi connectivity index (χ1v) is 10.8. The number of carbonyl (C=O) groups excluding carboxylic acids is 1. The van der Waals surface area contributed by atoms with Gasteiger partial charge in [-0.15, -0.1) is 0 Å². The van der Waals surface area contributed by atoms with Gasteiger partial charge in [-0.25, -0.2) is 12.8 Å². The summed E-state index contributed by atoms with van der Waals surface area (Å²) in [6.45, 7) is 1.73. The van der Waals surface area contributed by atoms with Crippen LogP contribution in [0.2, 0.25) is 5.02 Å². The van der Waals surface area contributed by atoms with Crippen molar-refractivity contribution in [3.05, 3.63) is 81.3 Å². The number of nitrogens with zero attached hydrogens (tertiary/aromatic N) is 1. The molecule has 1 amide bonds. The number of carbonyl (C=O) groups is 1. The zero-order chi connectivity index (χ0) is 21.2. The maximum Gasteiger partial charge on any atom is 0.264 e. The third-order valence-electron chi connectivity index (χ3n) is 3.97. The van der Waals surface area contributed by atoms with Gasteiger partial charge in [-0.2, -0.15) is 0 Å². The fourth-order valence-corrected chi connectivity index (χ4v) is 4.06. The third-order valence-corrected chi connectivity index (χ3v) is 6.42. The van der Waals surface area contributed by atoms with E-state index in [0.29, 0.717) is 20.6 Å². The van der Waals surface area contributed by atoms with Crippen LogP contribution in [0.25, 0.3) is 0 Å². The van der Waals surface area contributed by atoms with Gasteiger partial charge in [-0.05, 0) is 70.9 Å². The molecule has 0 fully saturated rings. The lowest BCUT2D eigenvalue weighted by molar-refractivity contribution is 0.102. The quantitative estimate of drug-likeness (QED) is 0.518. The van der Waals surface area contributed by atoms with Crippen LogP contribution in [0.5, 0.6) is 0 Å². The number of benzene rings is 2. The third kappa shape index (κ3) is 4.92. The first-order valence-electron chi connectivity index (χ1n) is 8.17. The van der Waals surface area contributed by atoms with Crippen LogP contribution < -0.4 is 10.0 Å². The van der Waals surface area contributed by atoms with Crippen molar-refractivity contribution in [1.29, 1.82) is 0 Å². The highest BCUT2D eigenvalue weighted by molar-refractivity contribution is 9.10. The summed E-state index contributed by atoms with van der Waals surface area (Å²) in [4.78, 5) is 15.9. The SMILES string of the molecule is Cc1c(Br)cncc1C(=O)Nc1ccc(F)c(S(=O)(=O)Nc2ccc(Cl)cc2)c1. The lowest BCUT2D eigenvalue weighted by Gasteiger charge is -2.12. The summed E-state index contributed by atoms with van der Waals surface area (Å²) in [7, 11) is -4.23. The minimum absolute atomic E-state index is 0.118. The molecule has 0 unspecified atom stereocenters. The van der Waals surface area contributed by atoms with Crippen LogP contribution in [0.1, 0.15) is 15.9 Å². The van der Waals surface area contributed by atoms with E-state index in [1.165, 1.54) is 36.5 Å². The van der Waals surface area contributed by atoms with E-state index in [4.69, 9.17) is 11.6 Å². The molecule has 3 aromatic rings. The Morgan fingerprint density at radius 3 is 2.45 bits per heavy atom. The average molecular weight is 499 g/mol. The predicted molar refractivity (Wildman–Crippen MR) is 113 cm³/mol. The van der Waals surface area contributed by atoms with E-state index in [-0.39, 0.29) is 11.4 Å². The Morgan fingerprint density at radius 1 is 1.10 bits per heavy atom. The van der Waals surface area contributed by atoms with Crippen LogP contribution in [-0.2, 0) is 10.0 Å². The smallest absolute Gasteiger partial charge is 0.264 e. The number of halogens is 3. The molecule has 150 valence electrons. The van der Waals surface area contributed by atoms with E-state index >= 15 is 0 Å². The summed E-state index contributed by atoms with van der Waals surface area (Å²) >= 11 is 9.08. The van der Waals surface area contributed by atoms with E-state index in [1.807, 2.05) is 0 Å². The van der Waals surface area contributed by atoms with Crippen molar-refractivity contribution in [2.24, 2.45) is 0 Å². The molecule has 0 bridgehead atoms. The molecule has 0 saturated heterocycles. The van der Waals surface area contributed by atoms with Gasteiger partial charge in [0.1, 0.15) is 10.7 Å².